The Morgan fingerprint density at radius 2 is 1.90 bits per heavy atom. The molecule has 2 heterocycles. The molecular weight excluding hydrogens is 394 g/mol. The van der Waals surface area contributed by atoms with Gasteiger partial charge in [0.2, 0.25) is 5.91 Å². The normalized spacial score (nSPS) is 15.9. The molecule has 0 spiro atoms. The number of fused-ring (bicyclic) bond motifs is 1. The van der Waals surface area contributed by atoms with Gasteiger partial charge in [-0.15, -0.1) is 0 Å². The van der Waals surface area contributed by atoms with Gasteiger partial charge < -0.3 is 10.2 Å². The summed E-state index contributed by atoms with van der Waals surface area (Å²) in [6, 6.07) is 12.7. The molecular formula is C25H30ClN3O. The topological polar surface area (TPSA) is 44.7 Å². The van der Waals surface area contributed by atoms with Gasteiger partial charge in [-0.2, -0.15) is 0 Å². The highest BCUT2D eigenvalue weighted by Gasteiger charge is 2.21. The fourth-order valence-electron chi connectivity index (χ4n) is 4.05. The molecule has 4 nitrogen and oxygen atoms in total. The fourth-order valence-corrected chi connectivity index (χ4v) is 4.23. The lowest BCUT2D eigenvalue weighted by Crippen LogP contribution is -2.34. The summed E-state index contributed by atoms with van der Waals surface area (Å²) in [5.41, 5.74) is 6.53. The molecule has 5 heteroatoms. The van der Waals surface area contributed by atoms with Gasteiger partial charge in [-0.1, -0.05) is 50.6 Å². The van der Waals surface area contributed by atoms with E-state index in [9.17, 15) is 4.79 Å². The number of anilines is 1. The predicted octanol–water partition coefficient (Wildman–Crippen LogP) is 5.47. The van der Waals surface area contributed by atoms with Gasteiger partial charge in [0.15, 0.2) is 0 Å². The van der Waals surface area contributed by atoms with Crippen LogP contribution in [0.15, 0.2) is 41.4 Å². The number of amides is 1. The van der Waals surface area contributed by atoms with Crippen LogP contribution >= 0.6 is 11.6 Å². The molecule has 2 aromatic rings. The molecule has 0 radical (unpaired) electrons. The van der Waals surface area contributed by atoms with Crippen molar-refractivity contribution in [3.05, 3.63) is 58.1 Å². The molecule has 1 fully saturated rings. The smallest absolute Gasteiger partial charge is 0.225 e. The van der Waals surface area contributed by atoms with E-state index in [1.165, 1.54) is 24.1 Å². The molecule has 1 saturated heterocycles. The first-order valence-corrected chi connectivity index (χ1v) is 11.2. The number of halogens is 1. The van der Waals surface area contributed by atoms with Gasteiger partial charge in [0.1, 0.15) is 0 Å². The summed E-state index contributed by atoms with van der Waals surface area (Å²) < 4.78 is 0. The first kappa shape index (κ1) is 20.9. The quantitative estimate of drug-likeness (QED) is 0.692. The third kappa shape index (κ3) is 4.70. The maximum absolute atomic E-state index is 12.2. The predicted molar refractivity (Wildman–Crippen MR) is 125 cm³/mol. The second kappa shape index (κ2) is 8.43. The van der Waals surface area contributed by atoms with Gasteiger partial charge in [-0.3, -0.25) is 9.79 Å². The highest BCUT2D eigenvalue weighted by atomic mass is 35.5. The molecule has 2 aromatic carbocycles. The largest absolute Gasteiger partial charge is 0.371 e. The monoisotopic (exact) mass is 423 g/mol. The highest BCUT2D eigenvalue weighted by molar-refractivity contribution is 6.31. The Morgan fingerprint density at radius 3 is 2.63 bits per heavy atom. The van der Waals surface area contributed by atoms with Crippen LogP contribution in [0.4, 0.5) is 11.4 Å². The second-order valence-corrected chi connectivity index (χ2v) is 9.80. The minimum atomic E-state index is -0.395. The first-order valence-electron chi connectivity index (χ1n) is 10.8. The van der Waals surface area contributed by atoms with Crippen LogP contribution in [0.5, 0.6) is 0 Å². The van der Waals surface area contributed by atoms with Crippen LogP contribution in [-0.4, -0.2) is 24.7 Å². The molecule has 0 aliphatic carbocycles. The van der Waals surface area contributed by atoms with Crippen molar-refractivity contribution in [3.8, 4) is 0 Å². The summed E-state index contributed by atoms with van der Waals surface area (Å²) in [7, 11) is 0. The molecule has 4 rings (SSSR count). The number of hydrogen-bond acceptors (Lipinski definition) is 3. The minimum Gasteiger partial charge on any atom is -0.371 e. The molecule has 0 aromatic heterocycles. The molecule has 0 atom stereocenters. The van der Waals surface area contributed by atoms with E-state index >= 15 is 0 Å². The van der Waals surface area contributed by atoms with Crippen LogP contribution in [0.1, 0.15) is 50.3 Å². The second-order valence-electron chi connectivity index (χ2n) is 9.40. The van der Waals surface area contributed by atoms with Crippen LogP contribution < -0.4 is 10.2 Å². The van der Waals surface area contributed by atoms with Crippen molar-refractivity contribution >= 4 is 34.6 Å². The maximum atomic E-state index is 12.2. The van der Waals surface area contributed by atoms with Gasteiger partial charge in [0.05, 0.1) is 5.69 Å². The van der Waals surface area contributed by atoms with Crippen LogP contribution in [0.3, 0.4) is 0 Å². The molecule has 2 aliphatic rings. The van der Waals surface area contributed by atoms with Gasteiger partial charge >= 0.3 is 0 Å². The average molecular weight is 424 g/mol. The highest BCUT2D eigenvalue weighted by Crippen LogP contribution is 2.33. The lowest BCUT2D eigenvalue weighted by molar-refractivity contribution is -0.128. The Hall–Kier alpha value is -2.33. The summed E-state index contributed by atoms with van der Waals surface area (Å²) in [6.45, 7) is 8.54. The summed E-state index contributed by atoms with van der Waals surface area (Å²) in [5, 5.41) is 3.76. The number of aliphatic imine (C=N–C) groups is 1. The van der Waals surface area contributed by atoms with E-state index in [4.69, 9.17) is 16.6 Å². The number of rotatable bonds is 5. The van der Waals surface area contributed by atoms with E-state index in [-0.39, 0.29) is 5.91 Å². The van der Waals surface area contributed by atoms with E-state index in [1.54, 1.807) is 0 Å². The molecule has 1 amide bonds. The number of nitrogens with zero attached hydrogens (tertiary/aromatic N) is 2. The van der Waals surface area contributed by atoms with Crippen molar-refractivity contribution in [2.75, 3.05) is 18.0 Å². The maximum Gasteiger partial charge on any atom is 0.225 e. The molecule has 30 heavy (non-hydrogen) atoms. The molecule has 0 bridgehead atoms. The Bertz CT molecular complexity index is 984. The SMILES string of the molecule is CC(C)(C)C(=O)NCc1ccc(Cl)c(CC2=Nc3cc(N4CCCC4)ccc3C2)c1. The van der Waals surface area contributed by atoms with Gasteiger partial charge in [0.25, 0.3) is 0 Å². The zero-order chi connectivity index (χ0) is 21.3. The Balaban J connectivity index is 1.45. The molecule has 0 saturated carbocycles. The summed E-state index contributed by atoms with van der Waals surface area (Å²) in [6.07, 6.45) is 4.15. The lowest BCUT2D eigenvalue weighted by atomic mass is 9.95. The Kier molecular flexibility index (Phi) is 5.88. The minimum absolute atomic E-state index is 0.0448. The number of carbonyl (C=O) groups is 1. The van der Waals surface area contributed by atoms with E-state index in [1.807, 2.05) is 32.9 Å². The number of hydrogen-bond donors (Lipinski definition) is 1. The Morgan fingerprint density at radius 1 is 1.13 bits per heavy atom. The fraction of sp³-hybridized carbons (Fsp3) is 0.440. The third-order valence-corrected chi connectivity index (χ3v) is 6.22. The van der Waals surface area contributed by atoms with Gasteiger partial charge in [0, 0.05) is 54.3 Å². The van der Waals surface area contributed by atoms with Gasteiger partial charge in [-0.05, 0) is 47.7 Å². The van der Waals surface area contributed by atoms with Crippen LogP contribution in [0.25, 0.3) is 0 Å². The molecule has 158 valence electrons. The van der Waals surface area contributed by atoms with Gasteiger partial charge in [-0.25, -0.2) is 0 Å². The van der Waals surface area contributed by atoms with Crippen LogP contribution in [0.2, 0.25) is 5.02 Å². The lowest BCUT2D eigenvalue weighted by Gasteiger charge is -2.18. The van der Waals surface area contributed by atoms with Crippen molar-refractivity contribution in [2.45, 2.75) is 53.0 Å². The third-order valence-electron chi connectivity index (χ3n) is 5.85. The van der Waals surface area contributed by atoms with E-state index < -0.39 is 5.41 Å². The van der Waals surface area contributed by atoms with Crippen molar-refractivity contribution in [2.24, 2.45) is 10.4 Å². The average Bonchev–Trinajstić information content (AvgIpc) is 3.36. The summed E-state index contributed by atoms with van der Waals surface area (Å²) in [4.78, 5) is 19.5. The van der Waals surface area contributed by atoms with Crippen molar-refractivity contribution < 1.29 is 4.79 Å². The number of benzene rings is 2. The summed E-state index contributed by atoms with van der Waals surface area (Å²) in [5.74, 6) is 0.0448. The molecule has 1 N–H and O–H groups in total. The van der Waals surface area contributed by atoms with Crippen molar-refractivity contribution in [1.82, 2.24) is 5.32 Å². The van der Waals surface area contributed by atoms with E-state index in [0.29, 0.717) is 6.54 Å². The summed E-state index contributed by atoms with van der Waals surface area (Å²) >= 11 is 6.48. The Labute approximate surface area is 184 Å². The van der Waals surface area contributed by atoms with Crippen molar-refractivity contribution in [3.63, 3.8) is 0 Å². The zero-order valence-corrected chi connectivity index (χ0v) is 18.9. The molecule has 2 aliphatic heterocycles. The standard InChI is InChI=1S/C25H30ClN3O/c1-25(2,3)24(30)27-16-17-6-9-22(26)19(12-17)14-20-13-18-7-8-21(15-23(18)28-20)29-10-4-5-11-29/h6-9,12,15H,4-5,10-11,13-14,16H2,1-3H3,(H,27,30). The number of carbonyl (C=O) groups excluding carboxylic acids is 1. The van der Waals surface area contributed by atoms with Crippen molar-refractivity contribution in [1.29, 1.82) is 0 Å². The molecule has 0 unspecified atom stereocenters. The van der Waals surface area contributed by atoms with Crippen LogP contribution in [-0.2, 0) is 24.2 Å². The van der Waals surface area contributed by atoms with E-state index in [2.05, 4.69) is 34.5 Å². The zero-order valence-electron chi connectivity index (χ0n) is 18.1. The van der Waals surface area contributed by atoms with E-state index in [0.717, 1.165) is 53.5 Å². The van der Waals surface area contributed by atoms with Crippen LogP contribution in [0, 0.1) is 5.41 Å². The number of nitrogens with one attached hydrogen (secondary N) is 1. The first-order chi connectivity index (χ1) is 14.3.